The van der Waals surface area contributed by atoms with Gasteiger partial charge in [0.1, 0.15) is 5.58 Å². The highest BCUT2D eigenvalue weighted by Crippen LogP contribution is 2.30. The van der Waals surface area contributed by atoms with Gasteiger partial charge < -0.3 is 20.0 Å². The Balaban J connectivity index is 1.61. The third-order valence-electron chi connectivity index (χ3n) is 5.18. The van der Waals surface area contributed by atoms with Gasteiger partial charge in [0.2, 0.25) is 11.8 Å². The maximum atomic E-state index is 13.0. The van der Waals surface area contributed by atoms with Gasteiger partial charge in [0, 0.05) is 30.6 Å². The summed E-state index contributed by atoms with van der Waals surface area (Å²) in [6.07, 6.45) is 0.947. The highest BCUT2D eigenvalue weighted by atomic mass is 16.4. The van der Waals surface area contributed by atoms with Gasteiger partial charge in [-0.1, -0.05) is 37.3 Å². The lowest BCUT2D eigenvalue weighted by Crippen LogP contribution is -2.29. The number of hydrogen-bond acceptors (Lipinski definition) is 5. The molecule has 1 aliphatic heterocycles. The van der Waals surface area contributed by atoms with Crippen molar-refractivity contribution >= 4 is 39.8 Å². The van der Waals surface area contributed by atoms with E-state index in [2.05, 4.69) is 10.6 Å². The summed E-state index contributed by atoms with van der Waals surface area (Å²) in [5.74, 6) is -1.04. The Morgan fingerprint density at radius 2 is 1.80 bits per heavy atom. The SMILES string of the molecule is CCCNc1c(NC(=O)C2CC(=O)N(c3ccccc3)C2)c(=O)oc2ccccc12. The van der Waals surface area contributed by atoms with Crippen LogP contribution >= 0.6 is 0 Å². The van der Waals surface area contributed by atoms with Crippen LogP contribution in [0.4, 0.5) is 17.1 Å². The van der Waals surface area contributed by atoms with Gasteiger partial charge in [-0.3, -0.25) is 9.59 Å². The second-order valence-corrected chi connectivity index (χ2v) is 7.29. The molecule has 0 aliphatic carbocycles. The van der Waals surface area contributed by atoms with Crippen LogP contribution in [0.1, 0.15) is 19.8 Å². The van der Waals surface area contributed by atoms with E-state index in [4.69, 9.17) is 4.42 Å². The van der Waals surface area contributed by atoms with Crippen molar-refractivity contribution in [2.75, 3.05) is 28.6 Å². The van der Waals surface area contributed by atoms with E-state index < -0.39 is 11.5 Å². The van der Waals surface area contributed by atoms with Gasteiger partial charge in [-0.15, -0.1) is 0 Å². The van der Waals surface area contributed by atoms with E-state index in [-0.39, 0.29) is 30.5 Å². The molecular weight excluding hydrogens is 382 g/mol. The Morgan fingerprint density at radius 1 is 1.07 bits per heavy atom. The minimum atomic E-state index is -0.620. The molecule has 7 heteroatoms. The fourth-order valence-electron chi connectivity index (χ4n) is 3.66. The van der Waals surface area contributed by atoms with Crippen LogP contribution < -0.4 is 21.2 Å². The minimum Gasteiger partial charge on any atom is -0.421 e. The van der Waals surface area contributed by atoms with Crippen molar-refractivity contribution in [3.8, 4) is 0 Å². The number of carbonyl (C=O) groups is 2. The molecule has 2 aromatic carbocycles. The average molecular weight is 405 g/mol. The molecule has 30 heavy (non-hydrogen) atoms. The Bertz CT molecular complexity index is 1140. The number of fused-ring (bicyclic) bond motifs is 1. The maximum absolute atomic E-state index is 13.0. The molecule has 1 atom stereocenters. The third-order valence-corrected chi connectivity index (χ3v) is 5.18. The van der Waals surface area contributed by atoms with Crippen molar-refractivity contribution in [3.05, 3.63) is 65.0 Å². The molecule has 7 nitrogen and oxygen atoms in total. The van der Waals surface area contributed by atoms with Crippen LogP contribution in [0.15, 0.2) is 63.8 Å². The predicted molar refractivity (Wildman–Crippen MR) is 117 cm³/mol. The van der Waals surface area contributed by atoms with Crippen LogP contribution in [0, 0.1) is 5.92 Å². The summed E-state index contributed by atoms with van der Waals surface area (Å²) < 4.78 is 5.40. The Morgan fingerprint density at radius 3 is 2.57 bits per heavy atom. The summed E-state index contributed by atoms with van der Waals surface area (Å²) in [7, 11) is 0. The van der Waals surface area contributed by atoms with Crippen LogP contribution in [0.3, 0.4) is 0 Å². The molecule has 0 spiro atoms. The zero-order valence-corrected chi connectivity index (χ0v) is 16.7. The van der Waals surface area contributed by atoms with E-state index in [9.17, 15) is 14.4 Å². The molecule has 0 saturated carbocycles. The van der Waals surface area contributed by atoms with E-state index in [1.54, 1.807) is 17.0 Å². The molecule has 154 valence electrons. The van der Waals surface area contributed by atoms with E-state index in [1.807, 2.05) is 49.4 Å². The number of anilines is 3. The summed E-state index contributed by atoms with van der Waals surface area (Å²) in [5.41, 5.74) is 1.21. The smallest absolute Gasteiger partial charge is 0.362 e. The zero-order chi connectivity index (χ0) is 21.1. The largest absolute Gasteiger partial charge is 0.421 e. The van der Waals surface area contributed by atoms with E-state index in [0.29, 0.717) is 23.2 Å². The summed E-state index contributed by atoms with van der Waals surface area (Å²) in [6.45, 7) is 2.92. The first-order valence-corrected chi connectivity index (χ1v) is 10.0. The normalized spacial score (nSPS) is 16.1. The first kappa shape index (κ1) is 19.7. The number of nitrogens with one attached hydrogen (secondary N) is 2. The second-order valence-electron chi connectivity index (χ2n) is 7.29. The molecule has 1 aromatic heterocycles. The molecule has 2 amide bonds. The molecule has 2 N–H and O–H groups in total. The van der Waals surface area contributed by atoms with Crippen LogP contribution in [0.2, 0.25) is 0 Å². The lowest BCUT2D eigenvalue weighted by molar-refractivity contribution is -0.122. The van der Waals surface area contributed by atoms with Gasteiger partial charge in [-0.05, 0) is 30.7 Å². The Kier molecular flexibility index (Phi) is 5.52. The van der Waals surface area contributed by atoms with Gasteiger partial charge in [-0.25, -0.2) is 4.79 Å². The van der Waals surface area contributed by atoms with Crippen LogP contribution in [-0.4, -0.2) is 24.9 Å². The highest BCUT2D eigenvalue weighted by molar-refractivity contribution is 6.06. The minimum absolute atomic E-state index is 0.0813. The fourth-order valence-corrected chi connectivity index (χ4v) is 3.66. The first-order valence-electron chi connectivity index (χ1n) is 10.0. The van der Waals surface area contributed by atoms with Crippen molar-refractivity contribution in [3.63, 3.8) is 0 Å². The summed E-state index contributed by atoms with van der Waals surface area (Å²) >= 11 is 0. The van der Waals surface area contributed by atoms with Crippen LogP contribution in [-0.2, 0) is 9.59 Å². The number of benzene rings is 2. The van der Waals surface area contributed by atoms with Crippen molar-refractivity contribution in [1.82, 2.24) is 0 Å². The van der Waals surface area contributed by atoms with Gasteiger partial charge in [0.05, 0.1) is 11.6 Å². The van der Waals surface area contributed by atoms with Crippen molar-refractivity contribution in [2.45, 2.75) is 19.8 Å². The lowest BCUT2D eigenvalue weighted by atomic mass is 10.1. The molecule has 0 bridgehead atoms. The first-order chi connectivity index (χ1) is 14.6. The molecule has 1 aliphatic rings. The molecule has 1 fully saturated rings. The maximum Gasteiger partial charge on any atom is 0.362 e. The highest BCUT2D eigenvalue weighted by Gasteiger charge is 2.35. The monoisotopic (exact) mass is 405 g/mol. The van der Waals surface area contributed by atoms with Gasteiger partial charge in [-0.2, -0.15) is 0 Å². The van der Waals surface area contributed by atoms with Crippen LogP contribution in [0.25, 0.3) is 11.0 Å². The number of carbonyl (C=O) groups excluding carboxylic acids is 2. The molecule has 2 heterocycles. The number of nitrogens with zero attached hydrogens (tertiary/aromatic N) is 1. The van der Waals surface area contributed by atoms with Crippen molar-refractivity contribution in [2.24, 2.45) is 5.92 Å². The summed E-state index contributed by atoms with van der Waals surface area (Å²) in [5, 5.41) is 6.68. The number of para-hydroxylation sites is 2. The molecule has 3 aromatic rings. The number of hydrogen-bond donors (Lipinski definition) is 2. The number of amides is 2. The van der Waals surface area contributed by atoms with E-state index >= 15 is 0 Å². The van der Waals surface area contributed by atoms with Gasteiger partial charge in [0.25, 0.3) is 0 Å². The van der Waals surface area contributed by atoms with E-state index in [1.165, 1.54) is 0 Å². The summed E-state index contributed by atoms with van der Waals surface area (Å²) in [6, 6.07) is 16.4. The van der Waals surface area contributed by atoms with Crippen molar-refractivity contribution in [1.29, 1.82) is 0 Å². The topological polar surface area (TPSA) is 91.6 Å². The van der Waals surface area contributed by atoms with Crippen LogP contribution in [0.5, 0.6) is 0 Å². The summed E-state index contributed by atoms with van der Waals surface area (Å²) in [4.78, 5) is 39.6. The Hall–Kier alpha value is -3.61. The third kappa shape index (κ3) is 3.78. The molecular formula is C23H23N3O4. The Labute approximate surface area is 173 Å². The zero-order valence-electron chi connectivity index (χ0n) is 16.7. The lowest BCUT2D eigenvalue weighted by Gasteiger charge is -2.17. The van der Waals surface area contributed by atoms with E-state index in [0.717, 1.165) is 12.1 Å². The van der Waals surface area contributed by atoms with Gasteiger partial charge >= 0.3 is 5.63 Å². The average Bonchev–Trinajstić information content (AvgIpc) is 3.16. The standard InChI is InChI=1S/C23H23N3O4/c1-2-12-24-20-17-10-6-7-11-18(17)30-23(29)21(20)25-22(28)15-13-19(27)26(14-15)16-8-4-3-5-9-16/h3-11,15,24H,2,12-14H2,1H3,(H,25,28). The quantitative estimate of drug-likeness (QED) is 0.612. The molecule has 0 radical (unpaired) electrons. The molecule has 1 unspecified atom stereocenters. The molecule has 4 rings (SSSR count). The molecule has 1 saturated heterocycles. The van der Waals surface area contributed by atoms with Crippen molar-refractivity contribution < 1.29 is 14.0 Å². The van der Waals surface area contributed by atoms with Gasteiger partial charge in [0.15, 0.2) is 5.69 Å². The fraction of sp³-hybridized carbons (Fsp3) is 0.261. The predicted octanol–water partition coefficient (Wildman–Crippen LogP) is 3.61. The number of rotatable bonds is 6. The second kappa shape index (κ2) is 8.41.